The number of benzene rings is 1. The number of nitrogens with two attached hydrogens (primary N) is 1. The van der Waals surface area contributed by atoms with Crippen molar-refractivity contribution >= 4 is 53.3 Å². The second kappa shape index (κ2) is 27.0. The number of pyridine rings is 1. The lowest BCUT2D eigenvalue weighted by atomic mass is 10.1. The molecule has 0 radical (unpaired) electrons. The van der Waals surface area contributed by atoms with Crippen LogP contribution in [0.4, 0.5) is 9.93 Å². The molecule has 6 rings (SSSR count). The summed E-state index contributed by atoms with van der Waals surface area (Å²) in [5, 5.41) is 9.14. The first-order valence-corrected chi connectivity index (χ1v) is 23.4. The van der Waals surface area contributed by atoms with Crippen molar-refractivity contribution in [2.24, 2.45) is 17.6 Å². The predicted octanol–water partition coefficient (Wildman–Crippen LogP) is 8.39. The number of ether oxygens (including phenoxy) is 2. The zero-order valence-electron chi connectivity index (χ0n) is 37.0. The minimum atomic E-state index is -2.82. The molecule has 60 heavy (non-hydrogen) atoms. The highest BCUT2D eigenvalue weighted by molar-refractivity contribution is 7.55. The molecule has 2 saturated carbocycles. The summed E-state index contributed by atoms with van der Waals surface area (Å²) in [7, 11) is 0.280. The summed E-state index contributed by atoms with van der Waals surface area (Å²) >= 11 is 1.52. The lowest BCUT2D eigenvalue weighted by molar-refractivity contribution is -0.133. The number of fused-ring (bicyclic) bond motifs is 1. The van der Waals surface area contributed by atoms with E-state index in [0.717, 1.165) is 67.1 Å². The SMILES string of the molecule is C=CC1CC1P(=O)(OCC)OCC.CC(C)C.CN.COc1ccc2c(=O)cc(-c3csc(NC(C)C)n3)[nH]c2c1.O=CC1CCCN1C(=O)CNC(=O)OC1CCCC1. The summed E-state index contributed by atoms with van der Waals surface area (Å²) in [6.45, 7) is 19.3. The number of nitrogens with one attached hydrogen (secondary N) is 3. The predicted molar refractivity (Wildman–Crippen MR) is 242 cm³/mol. The van der Waals surface area contributed by atoms with Gasteiger partial charge in [0.1, 0.15) is 24.7 Å². The minimum Gasteiger partial charge on any atom is -0.497 e. The van der Waals surface area contributed by atoms with Gasteiger partial charge in [0.25, 0.3) is 0 Å². The van der Waals surface area contributed by atoms with Gasteiger partial charge in [-0.1, -0.05) is 26.8 Å². The zero-order chi connectivity index (χ0) is 44.8. The topological polar surface area (TPSA) is 204 Å². The zero-order valence-corrected chi connectivity index (χ0v) is 38.7. The first kappa shape index (κ1) is 52.1. The van der Waals surface area contributed by atoms with Gasteiger partial charge in [0.05, 0.1) is 48.9 Å². The Morgan fingerprint density at radius 2 is 1.72 bits per heavy atom. The summed E-state index contributed by atoms with van der Waals surface area (Å²) in [5.74, 6) is 1.64. The number of alkyl carbamates (subject to hydrolysis) is 1. The summed E-state index contributed by atoms with van der Waals surface area (Å²) in [5.41, 5.74) is 6.74. The molecule has 1 saturated heterocycles. The van der Waals surface area contributed by atoms with E-state index in [4.69, 9.17) is 18.5 Å². The van der Waals surface area contributed by atoms with Gasteiger partial charge in [-0.3, -0.25) is 14.2 Å². The average molecular weight is 877 g/mol. The Morgan fingerprint density at radius 1 is 1.07 bits per heavy atom. The van der Waals surface area contributed by atoms with Crippen molar-refractivity contribution < 1.29 is 37.5 Å². The Labute approximate surface area is 360 Å². The Balaban J connectivity index is 0.000000298. The Hall–Kier alpha value is -4.08. The van der Waals surface area contributed by atoms with Crippen molar-refractivity contribution in [3.8, 4) is 17.1 Å². The van der Waals surface area contributed by atoms with Crippen LogP contribution < -0.4 is 26.5 Å². The maximum atomic E-state index is 12.3. The summed E-state index contributed by atoms with van der Waals surface area (Å²) < 4.78 is 32.9. The number of amides is 2. The van der Waals surface area contributed by atoms with E-state index in [1.54, 1.807) is 25.3 Å². The molecule has 2 amide bonds. The fourth-order valence-corrected chi connectivity index (χ4v) is 9.43. The van der Waals surface area contributed by atoms with E-state index in [0.29, 0.717) is 55.0 Å². The second-order valence-corrected chi connectivity index (χ2v) is 18.3. The highest BCUT2D eigenvalue weighted by atomic mass is 32.1. The van der Waals surface area contributed by atoms with Crippen molar-refractivity contribution in [1.29, 1.82) is 0 Å². The van der Waals surface area contributed by atoms with Crippen molar-refractivity contribution in [3.05, 3.63) is 52.5 Å². The third-order valence-corrected chi connectivity index (χ3v) is 12.5. The second-order valence-electron chi connectivity index (χ2n) is 15.2. The molecular formula is C43H69N6O9PS. The minimum absolute atomic E-state index is 0.00962. The van der Waals surface area contributed by atoms with E-state index in [-0.39, 0.29) is 35.7 Å². The summed E-state index contributed by atoms with van der Waals surface area (Å²) in [4.78, 5) is 55.7. The monoisotopic (exact) mass is 876 g/mol. The number of H-pyrrole nitrogens is 1. The van der Waals surface area contributed by atoms with Crippen LogP contribution in [0.5, 0.6) is 5.75 Å². The van der Waals surface area contributed by atoms with Gasteiger partial charge in [0.2, 0.25) is 5.91 Å². The maximum Gasteiger partial charge on any atom is 0.407 e. The standard InChI is InChI=1S/C16H17N3O2S.C13H20N2O4.C9H17O3P.C4H10.CH5N/c1-9(2)17-16-19-14(8-22-16)13-7-15(20)11-5-4-10(21-3)6-12(11)18-13;16-9-10-4-3-7-15(10)12(17)8-14-13(18)19-11-5-1-2-6-11;1-4-8-7-9(8)13(10,11-5-2)12-6-3;1-4(2)3;1-2/h4-9H,1-3H3,(H,17,19)(H,18,20);9-11H,1-8H2,(H,14,18);4,8-9H,1,5-7H2,2-3H3;4H,1-3H3;2H2,1H3. The van der Waals surface area contributed by atoms with Crippen molar-refractivity contribution in [3.63, 3.8) is 0 Å². The number of carbonyl (C=O) groups is 3. The molecule has 3 heterocycles. The maximum absolute atomic E-state index is 12.3. The molecular weight excluding hydrogens is 808 g/mol. The molecule has 1 aliphatic heterocycles. The Bertz CT molecular complexity index is 1870. The highest BCUT2D eigenvalue weighted by Crippen LogP contribution is 2.65. The first-order valence-electron chi connectivity index (χ1n) is 20.9. The van der Waals surface area contributed by atoms with E-state index in [1.807, 2.05) is 31.4 Å². The highest BCUT2D eigenvalue weighted by Gasteiger charge is 2.51. The molecule has 3 unspecified atom stereocenters. The van der Waals surface area contributed by atoms with Crippen molar-refractivity contribution in [2.75, 3.05) is 45.8 Å². The number of hydrogen-bond acceptors (Lipinski definition) is 13. The number of nitrogens with zero attached hydrogens (tertiary/aromatic N) is 2. The molecule has 3 aliphatic rings. The van der Waals surface area contributed by atoms with E-state index in [2.05, 4.69) is 67.5 Å². The van der Waals surface area contributed by atoms with E-state index in [9.17, 15) is 23.7 Å². The van der Waals surface area contributed by atoms with Crippen LogP contribution in [0.25, 0.3) is 22.3 Å². The van der Waals surface area contributed by atoms with Crippen LogP contribution in [-0.2, 0) is 27.9 Å². The van der Waals surface area contributed by atoms with Gasteiger partial charge in [0, 0.05) is 35.5 Å². The molecule has 1 aromatic carbocycles. The molecule has 2 aromatic heterocycles. The number of likely N-dealkylation sites (tertiary alicyclic amines) is 1. The Morgan fingerprint density at radius 3 is 2.27 bits per heavy atom. The van der Waals surface area contributed by atoms with E-state index < -0.39 is 13.7 Å². The largest absolute Gasteiger partial charge is 0.497 e. The van der Waals surface area contributed by atoms with E-state index >= 15 is 0 Å². The number of aromatic nitrogens is 2. The normalized spacial score (nSPS) is 18.1. The molecule has 336 valence electrons. The number of methoxy groups -OCH3 is 1. The fraction of sp³-hybridized carbons (Fsp3) is 0.605. The third-order valence-electron chi connectivity index (χ3n) is 9.10. The van der Waals surface area contributed by atoms with Crippen LogP contribution in [-0.4, -0.2) is 97.5 Å². The number of allylic oxidation sites excluding steroid dienone is 1. The van der Waals surface area contributed by atoms with Gasteiger partial charge in [-0.2, -0.15) is 0 Å². The van der Waals surface area contributed by atoms with Crippen LogP contribution in [0.2, 0.25) is 0 Å². The molecule has 3 aromatic rings. The fourth-order valence-electron chi connectivity index (χ4n) is 6.31. The number of aromatic amines is 1. The number of aldehydes is 1. The van der Waals surface area contributed by atoms with Gasteiger partial charge < -0.3 is 49.6 Å². The van der Waals surface area contributed by atoms with Gasteiger partial charge in [-0.05, 0) is 104 Å². The lowest BCUT2D eigenvalue weighted by Crippen LogP contribution is -2.43. The smallest absolute Gasteiger partial charge is 0.407 e. The molecule has 3 atom stereocenters. The van der Waals surface area contributed by atoms with Crippen LogP contribution in [0, 0.1) is 11.8 Å². The summed E-state index contributed by atoms with van der Waals surface area (Å²) in [6.07, 6.45) is 8.49. The molecule has 0 bridgehead atoms. The number of carbonyl (C=O) groups excluding carboxylic acids is 3. The molecule has 5 N–H and O–H groups in total. The molecule has 3 fully saturated rings. The molecule has 17 heteroatoms. The van der Waals surface area contributed by atoms with Gasteiger partial charge >= 0.3 is 13.7 Å². The number of anilines is 1. The van der Waals surface area contributed by atoms with E-state index in [1.165, 1.54) is 23.3 Å². The Kier molecular flexibility index (Phi) is 23.4. The van der Waals surface area contributed by atoms with Crippen LogP contribution >= 0.6 is 18.9 Å². The molecule has 15 nitrogen and oxygen atoms in total. The van der Waals surface area contributed by atoms with Crippen LogP contribution in [0.3, 0.4) is 0 Å². The number of thiazole rings is 1. The van der Waals surface area contributed by atoms with Gasteiger partial charge in [-0.25, -0.2) is 9.78 Å². The van der Waals surface area contributed by atoms with Crippen molar-refractivity contribution in [1.82, 2.24) is 20.2 Å². The quantitative estimate of drug-likeness (QED) is 0.0685. The van der Waals surface area contributed by atoms with Crippen molar-refractivity contribution in [2.45, 2.75) is 117 Å². The van der Waals surface area contributed by atoms with Crippen LogP contribution in [0.15, 0.2) is 47.1 Å². The summed E-state index contributed by atoms with van der Waals surface area (Å²) in [6, 6.07) is 6.94. The first-order chi connectivity index (χ1) is 28.7. The lowest BCUT2D eigenvalue weighted by Gasteiger charge is -2.20. The van der Waals surface area contributed by atoms with Gasteiger partial charge in [-0.15, -0.1) is 17.9 Å². The third kappa shape index (κ3) is 17.1. The number of hydrogen-bond donors (Lipinski definition) is 4. The average Bonchev–Trinajstić information content (AvgIpc) is 3.54. The molecule has 0 spiro atoms. The molecule has 2 aliphatic carbocycles. The number of rotatable bonds is 14. The van der Waals surface area contributed by atoms with Crippen LogP contribution in [0.1, 0.15) is 93.4 Å². The van der Waals surface area contributed by atoms with Gasteiger partial charge in [0.15, 0.2) is 10.6 Å².